The maximum absolute atomic E-state index is 6.94. The van der Waals surface area contributed by atoms with E-state index >= 15 is 0 Å². The van der Waals surface area contributed by atoms with Crippen molar-refractivity contribution >= 4 is 72.3 Å². The SMILES string of the molecule is C=NCc1cccc2oc3c(-c4cccc5c6ccccc6n(-c6ccccc6)c45)cc(-c4cccc5c6ccccc6n(-c6ccccc6)c45)cc3c12. The number of aliphatic imine (C=N–C) groups is 1. The number of para-hydroxylation sites is 6. The fourth-order valence-corrected chi connectivity index (χ4v) is 8.79. The maximum atomic E-state index is 6.94. The average Bonchev–Trinajstić information content (AvgIpc) is 3.90. The predicted molar refractivity (Wildman–Crippen MR) is 227 cm³/mol. The molecule has 0 spiro atoms. The first-order valence-electron chi connectivity index (χ1n) is 18.3. The van der Waals surface area contributed by atoms with Crippen molar-refractivity contribution in [2.75, 3.05) is 0 Å². The second-order valence-electron chi connectivity index (χ2n) is 14.0. The Morgan fingerprint density at radius 3 is 1.63 bits per heavy atom. The molecular weight excluding hydrogens is 659 g/mol. The molecule has 0 unspecified atom stereocenters. The minimum absolute atomic E-state index is 0.501. The molecule has 0 saturated heterocycles. The molecule has 254 valence electrons. The van der Waals surface area contributed by atoms with Crippen LogP contribution < -0.4 is 0 Å². The van der Waals surface area contributed by atoms with E-state index in [-0.39, 0.29) is 0 Å². The van der Waals surface area contributed by atoms with Crippen molar-refractivity contribution in [3.05, 3.63) is 181 Å². The molecule has 0 aliphatic heterocycles. The van der Waals surface area contributed by atoms with Crippen LogP contribution in [-0.4, -0.2) is 15.9 Å². The number of hydrogen-bond acceptors (Lipinski definition) is 2. The zero-order valence-electron chi connectivity index (χ0n) is 29.4. The van der Waals surface area contributed by atoms with Gasteiger partial charge in [-0.15, -0.1) is 0 Å². The Morgan fingerprint density at radius 1 is 0.463 bits per heavy atom. The zero-order chi connectivity index (χ0) is 35.8. The molecule has 0 atom stereocenters. The highest BCUT2D eigenvalue weighted by Gasteiger charge is 2.23. The van der Waals surface area contributed by atoms with Gasteiger partial charge in [0, 0.05) is 60.4 Å². The lowest BCUT2D eigenvalue weighted by atomic mass is 9.93. The molecule has 0 N–H and O–H groups in total. The number of rotatable bonds is 6. The topological polar surface area (TPSA) is 35.4 Å². The molecule has 0 radical (unpaired) electrons. The molecule has 11 rings (SSSR count). The van der Waals surface area contributed by atoms with E-state index in [1.165, 1.54) is 38.1 Å². The van der Waals surface area contributed by atoms with Gasteiger partial charge in [0.25, 0.3) is 0 Å². The molecule has 54 heavy (non-hydrogen) atoms. The van der Waals surface area contributed by atoms with Gasteiger partial charge < -0.3 is 13.6 Å². The summed E-state index contributed by atoms with van der Waals surface area (Å²) in [6.45, 7) is 4.36. The van der Waals surface area contributed by atoms with Gasteiger partial charge in [-0.05, 0) is 72.4 Å². The van der Waals surface area contributed by atoms with E-state index in [0.717, 1.165) is 66.6 Å². The maximum Gasteiger partial charge on any atom is 0.143 e. The van der Waals surface area contributed by atoms with Gasteiger partial charge in [0.05, 0.1) is 28.6 Å². The molecule has 0 aliphatic rings. The molecule has 8 aromatic carbocycles. The minimum Gasteiger partial charge on any atom is -0.455 e. The van der Waals surface area contributed by atoms with Crippen molar-refractivity contribution in [2.45, 2.75) is 6.54 Å². The zero-order valence-corrected chi connectivity index (χ0v) is 29.4. The number of fused-ring (bicyclic) bond motifs is 9. The van der Waals surface area contributed by atoms with Gasteiger partial charge in [0.15, 0.2) is 0 Å². The summed E-state index contributed by atoms with van der Waals surface area (Å²) in [4.78, 5) is 4.33. The van der Waals surface area contributed by atoms with Crippen LogP contribution in [0.2, 0.25) is 0 Å². The van der Waals surface area contributed by atoms with E-state index in [1.807, 2.05) is 0 Å². The van der Waals surface area contributed by atoms with E-state index in [1.54, 1.807) is 0 Å². The highest BCUT2D eigenvalue weighted by Crippen LogP contribution is 2.46. The molecule has 0 amide bonds. The van der Waals surface area contributed by atoms with Crippen molar-refractivity contribution < 1.29 is 4.42 Å². The molecule has 4 heteroatoms. The van der Waals surface area contributed by atoms with Gasteiger partial charge in [0.1, 0.15) is 11.2 Å². The molecular formula is C50H33N3O. The second-order valence-corrected chi connectivity index (χ2v) is 14.0. The second kappa shape index (κ2) is 11.9. The first-order valence-corrected chi connectivity index (χ1v) is 18.3. The molecule has 0 saturated carbocycles. The number of furan rings is 1. The largest absolute Gasteiger partial charge is 0.455 e. The first-order chi connectivity index (χ1) is 26.8. The Balaban J connectivity index is 1.31. The summed E-state index contributed by atoms with van der Waals surface area (Å²) in [6.07, 6.45) is 0. The van der Waals surface area contributed by atoms with Gasteiger partial charge in [0.2, 0.25) is 0 Å². The number of hydrogen-bond donors (Lipinski definition) is 0. The normalized spacial score (nSPS) is 11.9. The monoisotopic (exact) mass is 691 g/mol. The Kier molecular flexibility index (Phi) is 6.73. The lowest BCUT2D eigenvalue weighted by molar-refractivity contribution is 0.670. The summed E-state index contributed by atoms with van der Waals surface area (Å²) in [5.41, 5.74) is 14.1. The summed E-state index contributed by atoms with van der Waals surface area (Å²) in [7, 11) is 0. The molecule has 0 bridgehead atoms. The Hall–Kier alpha value is -7.17. The van der Waals surface area contributed by atoms with Crippen LogP contribution in [0.4, 0.5) is 0 Å². The van der Waals surface area contributed by atoms with Crippen molar-refractivity contribution in [1.82, 2.24) is 9.13 Å². The quantitative estimate of drug-likeness (QED) is 0.160. The molecule has 11 aromatic rings. The van der Waals surface area contributed by atoms with Gasteiger partial charge in [-0.25, -0.2) is 0 Å². The standard InChI is InChI=1S/C50H33N3O/c1-51-31-32-15-12-28-46-47(32)43-30-33(36-22-13-23-39-37-20-8-10-26-44(37)52(48(36)39)34-16-4-2-5-17-34)29-42(50(43)54-46)41-25-14-24-40-38-21-9-11-27-45(38)53(49(40)41)35-18-6-3-7-19-35/h2-30H,1,31H2. The lowest BCUT2D eigenvalue weighted by Crippen LogP contribution is -1.96. The van der Waals surface area contributed by atoms with E-state index in [4.69, 9.17) is 4.42 Å². The van der Waals surface area contributed by atoms with Gasteiger partial charge >= 0.3 is 0 Å². The van der Waals surface area contributed by atoms with Gasteiger partial charge in [-0.1, -0.05) is 121 Å². The van der Waals surface area contributed by atoms with E-state index in [2.05, 4.69) is 197 Å². The van der Waals surface area contributed by atoms with E-state index in [9.17, 15) is 0 Å². The van der Waals surface area contributed by atoms with Gasteiger partial charge in [-0.2, -0.15) is 0 Å². The van der Waals surface area contributed by atoms with Gasteiger partial charge in [-0.3, -0.25) is 4.99 Å². The lowest BCUT2D eigenvalue weighted by Gasteiger charge is -2.15. The third kappa shape index (κ3) is 4.40. The van der Waals surface area contributed by atoms with E-state index in [0.29, 0.717) is 6.54 Å². The molecule has 0 aliphatic carbocycles. The highest BCUT2D eigenvalue weighted by molar-refractivity contribution is 6.20. The Morgan fingerprint density at radius 2 is 1.00 bits per heavy atom. The first kappa shape index (κ1) is 30.5. The van der Waals surface area contributed by atoms with Crippen LogP contribution in [0.5, 0.6) is 0 Å². The molecule has 0 fully saturated rings. The van der Waals surface area contributed by atoms with E-state index < -0.39 is 0 Å². The molecule has 3 heterocycles. The van der Waals surface area contributed by atoms with Crippen LogP contribution >= 0.6 is 0 Å². The third-order valence-electron chi connectivity index (χ3n) is 11.0. The van der Waals surface area contributed by atoms with Crippen LogP contribution in [0, 0.1) is 0 Å². The van der Waals surface area contributed by atoms with Crippen LogP contribution in [0.3, 0.4) is 0 Å². The summed E-state index contributed by atoms with van der Waals surface area (Å²) in [5.74, 6) is 0. The molecule has 4 nitrogen and oxygen atoms in total. The minimum atomic E-state index is 0.501. The van der Waals surface area contributed by atoms with Crippen molar-refractivity contribution in [1.29, 1.82) is 0 Å². The number of aromatic nitrogens is 2. The smallest absolute Gasteiger partial charge is 0.143 e. The van der Waals surface area contributed by atoms with Crippen LogP contribution in [0.1, 0.15) is 5.56 Å². The predicted octanol–water partition coefficient (Wildman–Crippen LogP) is 13.3. The Labute approximate surface area is 311 Å². The Bertz CT molecular complexity index is 3250. The third-order valence-corrected chi connectivity index (χ3v) is 11.0. The van der Waals surface area contributed by atoms with Crippen molar-refractivity contribution in [2.24, 2.45) is 4.99 Å². The summed E-state index contributed by atoms with van der Waals surface area (Å²) in [6, 6.07) is 63.1. The average molecular weight is 692 g/mol. The highest BCUT2D eigenvalue weighted by atomic mass is 16.3. The molecule has 3 aromatic heterocycles. The number of nitrogens with zero attached hydrogens (tertiary/aromatic N) is 3. The van der Waals surface area contributed by atoms with Crippen LogP contribution in [0.15, 0.2) is 185 Å². The fraction of sp³-hybridized carbons (Fsp3) is 0.0200. The summed E-state index contributed by atoms with van der Waals surface area (Å²) in [5, 5.41) is 7.00. The number of benzene rings is 8. The summed E-state index contributed by atoms with van der Waals surface area (Å²) < 4.78 is 11.8. The summed E-state index contributed by atoms with van der Waals surface area (Å²) >= 11 is 0. The van der Waals surface area contributed by atoms with Crippen molar-refractivity contribution in [3.63, 3.8) is 0 Å². The van der Waals surface area contributed by atoms with Crippen LogP contribution in [0.25, 0.3) is 99.2 Å². The van der Waals surface area contributed by atoms with Crippen LogP contribution in [-0.2, 0) is 6.54 Å². The fourth-order valence-electron chi connectivity index (χ4n) is 8.79. The van der Waals surface area contributed by atoms with Crippen molar-refractivity contribution in [3.8, 4) is 33.6 Å².